The topological polar surface area (TPSA) is 95.9 Å². The average molecular weight is 776 g/mol. The molecule has 6 nitrogen and oxygen atoms in total. The fourth-order valence-corrected chi connectivity index (χ4v) is 7.29. The normalized spacial score (nSPS) is 13.5. The maximum atomic E-state index is 13.1. The summed E-state index contributed by atoms with van der Waals surface area (Å²) in [6, 6.07) is -0.703. The molecule has 0 aliphatic carbocycles. The molecule has 0 aromatic carbocycles. The van der Waals surface area contributed by atoms with Crippen molar-refractivity contribution in [3.8, 4) is 0 Å². The van der Waals surface area contributed by atoms with E-state index < -0.39 is 18.2 Å². The number of hydrogen-bond donors (Lipinski definition) is 3. The molecule has 0 heterocycles. The van der Waals surface area contributed by atoms with Gasteiger partial charge in [0.05, 0.1) is 25.2 Å². The Morgan fingerprint density at radius 3 is 1.36 bits per heavy atom. The number of allylic oxidation sites excluding steroid dienone is 4. The average Bonchev–Trinajstić information content (AvgIpc) is 3.18. The van der Waals surface area contributed by atoms with Gasteiger partial charge in [0.1, 0.15) is 6.10 Å². The number of carbonyl (C=O) groups is 2. The number of carbonyl (C=O) groups excluding carboxylic acids is 2. The fraction of sp³-hybridized carbons (Fsp3) is 0.878. The molecule has 0 rings (SSSR count). The van der Waals surface area contributed by atoms with E-state index in [2.05, 4.69) is 50.4 Å². The Bertz CT molecular complexity index is 873. The van der Waals surface area contributed by atoms with Crippen molar-refractivity contribution in [3.63, 3.8) is 0 Å². The van der Waals surface area contributed by atoms with Crippen LogP contribution in [0.5, 0.6) is 0 Å². The van der Waals surface area contributed by atoms with Gasteiger partial charge in [0.15, 0.2) is 0 Å². The lowest BCUT2D eigenvalue weighted by atomic mass is 10.0. The zero-order chi connectivity index (χ0) is 40.3. The summed E-state index contributed by atoms with van der Waals surface area (Å²) in [5.74, 6) is -0.504. The Labute approximate surface area is 341 Å². The molecule has 55 heavy (non-hydrogen) atoms. The van der Waals surface area contributed by atoms with Crippen LogP contribution in [-0.2, 0) is 14.3 Å². The third kappa shape index (κ3) is 39.0. The lowest BCUT2D eigenvalue weighted by molar-refractivity contribution is -0.151. The van der Waals surface area contributed by atoms with E-state index in [9.17, 15) is 19.8 Å². The largest absolute Gasteiger partial charge is 0.462 e. The molecular weight excluding hydrogens is 683 g/mol. The predicted octanol–water partition coefficient (Wildman–Crippen LogP) is 14.0. The first-order chi connectivity index (χ1) is 27.0. The van der Waals surface area contributed by atoms with Gasteiger partial charge in [-0.3, -0.25) is 9.59 Å². The first-order valence-electron chi connectivity index (χ1n) is 24.1. The Kier molecular flexibility index (Phi) is 42.2. The summed E-state index contributed by atoms with van der Waals surface area (Å²) >= 11 is 0. The van der Waals surface area contributed by atoms with Crippen LogP contribution in [0.2, 0.25) is 0 Å². The number of hydrogen-bond acceptors (Lipinski definition) is 5. The van der Waals surface area contributed by atoms with Crippen LogP contribution in [0.4, 0.5) is 0 Å². The van der Waals surface area contributed by atoms with E-state index in [1.165, 1.54) is 128 Å². The molecule has 6 heteroatoms. The number of unbranched alkanes of at least 4 members (excludes halogenated alkanes) is 27. The van der Waals surface area contributed by atoms with Gasteiger partial charge in [0.25, 0.3) is 0 Å². The number of ether oxygens (including phenoxy) is 1. The molecule has 0 spiro atoms. The molecule has 3 unspecified atom stereocenters. The van der Waals surface area contributed by atoms with Crippen LogP contribution in [0.1, 0.15) is 252 Å². The minimum absolute atomic E-state index is 0.0636. The highest BCUT2D eigenvalue weighted by Gasteiger charge is 2.24. The van der Waals surface area contributed by atoms with E-state index >= 15 is 0 Å². The SMILES string of the molecule is CCCC/C=C\CCCCCC(CC(=O)NC(CO)C(O)CCCCCCCCCCCCCCC)OC(=O)CCCCC/C=C\CCCCCCCCC. The molecule has 0 aromatic rings. The standard InChI is InChI=1S/C49H93NO5/c1-4-7-10-13-16-19-21-23-25-27-30-33-36-39-42-49(54)55-45(40-37-34-31-28-18-15-12-9-6-3)43-48(53)50-46(44-51)47(52)41-38-35-32-29-26-24-22-20-17-14-11-8-5-2/h15,18,25,27,45-47,51-52H,4-14,16-17,19-24,26,28-44H2,1-3H3,(H,50,53)/b18-15-,27-25-. The molecule has 324 valence electrons. The quantitative estimate of drug-likeness (QED) is 0.0326. The summed E-state index contributed by atoms with van der Waals surface area (Å²) in [6.07, 6.45) is 48.1. The van der Waals surface area contributed by atoms with Crippen molar-refractivity contribution >= 4 is 11.9 Å². The molecule has 0 saturated heterocycles. The molecule has 0 bridgehead atoms. The van der Waals surface area contributed by atoms with Crippen molar-refractivity contribution in [2.45, 2.75) is 270 Å². The monoisotopic (exact) mass is 776 g/mol. The minimum atomic E-state index is -0.789. The molecule has 1 amide bonds. The van der Waals surface area contributed by atoms with Crippen molar-refractivity contribution in [3.05, 3.63) is 24.3 Å². The highest BCUT2D eigenvalue weighted by Crippen LogP contribution is 2.17. The number of aliphatic hydroxyl groups is 2. The van der Waals surface area contributed by atoms with Crippen LogP contribution in [0, 0.1) is 0 Å². The van der Waals surface area contributed by atoms with E-state index in [-0.39, 0.29) is 24.9 Å². The molecule has 3 N–H and O–H groups in total. The van der Waals surface area contributed by atoms with Gasteiger partial charge in [-0.05, 0) is 70.6 Å². The first-order valence-corrected chi connectivity index (χ1v) is 24.1. The zero-order valence-corrected chi connectivity index (χ0v) is 36.8. The predicted molar refractivity (Wildman–Crippen MR) is 236 cm³/mol. The Balaban J connectivity index is 4.51. The lowest BCUT2D eigenvalue weighted by Gasteiger charge is -2.24. The molecule has 0 saturated carbocycles. The summed E-state index contributed by atoms with van der Waals surface area (Å²) < 4.78 is 5.88. The van der Waals surface area contributed by atoms with Crippen molar-refractivity contribution in [1.29, 1.82) is 0 Å². The summed E-state index contributed by atoms with van der Waals surface area (Å²) in [7, 11) is 0. The molecule has 0 radical (unpaired) electrons. The lowest BCUT2D eigenvalue weighted by Crippen LogP contribution is -2.46. The van der Waals surface area contributed by atoms with Gasteiger partial charge < -0.3 is 20.3 Å². The molecule has 0 aromatic heterocycles. The van der Waals surface area contributed by atoms with E-state index in [0.717, 1.165) is 77.0 Å². The summed E-state index contributed by atoms with van der Waals surface area (Å²) in [6.45, 7) is 6.43. The summed E-state index contributed by atoms with van der Waals surface area (Å²) in [5.41, 5.74) is 0. The zero-order valence-electron chi connectivity index (χ0n) is 36.8. The smallest absolute Gasteiger partial charge is 0.306 e. The van der Waals surface area contributed by atoms with Gasteiger partial charge >= 0.3 is 5.97 Å². The highest BCUT2D eigenvalue weighted by atomic mass is 16.5. The maximum absolute atomic E-state index is 13.1. The Hall–Kier alpha value is -1.66. The third-order valence-corrected chi connectivity index (χ3v) is 11.0. The fourth-order valence-electron chi connectivity index (χ4n) is 7.29. The molecule has 0 aliphatic rings. The number of nitrogens with one attached hydrogen (secondary N) is 1. The third-order valence-electron chi connectivity index (χ3n) is 11.0. The van der Waals surface area contributed by atoms with E-state index in [1.807, 2.05) is 0 Å². The van der Waals surface area contributed by atoms with Crippen LogP contribution >= 0.6 is 0 Å². The Morgan fingerprint density at radius 2 is 0.891 bits per heavy atom. The first kappa shape index (κ1) is 53.3. The van der Waals surface area contributed by atoms with Gasteiger partial charge in [-0.1, -0.05) is 193 Å². The van der Waals surface area contributed by atoms with Crippen LogP contribution in [0.15, 0.2) is 24.3 Å². The molecule has 0 aliphatic heterocycles. The Morgan fingerprint density at radius 1 is 0.509 bits per heavy atom. The van der Waals surface area contributed by atoms with E-state index in [0.29, 0.717) is 19.3 Å². The van der Waals surface area contributed by atoms with Crippen molar-refractivity contribution in [2.24, 2.45) is 0 Å². The van der Waals surface area contributed by atoms with Crippen molar-refractivity contribution in [2.75, 3.05) is 6.61 Å². The van der Waals surface area contributed by atoms with Crippen LogP contribution in [0.25, 0.3) is 0 Å². The van der Waals surface area contributed by atoms with Crippen LogP contribution in [-0.4, -0.2) is 46.9 Å². The molecule has 3 atom stereocenters. The van der Waals surface area contributed by atoms with Crippen molar-refractivity contribution < 1.29 is 24.5 Å². The number of aliphatic hydroxyl groups excluding tert-OH is 2. The second kappa shape index (κ2) is 43.5. The second-order valence-corrected chi connectivity index (χ2v) is 16.5. The van der Waals surface area contributed by atoms with Crippen LogP contribution < -0.4 is 5.32 Å². The summed E-state index contributed by atoms with van der Waals surface area (Å²) in [4.78, 5) is 26.0. The maximum Gasteiger partial charge on any atom is 0.306 e. The highest BCUT2D eigenvalue weighted by molar-refractivity contribution is 5.77. The van der Waals surface area contributed by atoms with Gasteiger partial charge in [-0.25, -0.2) is 0 Å². The molecule has 0 fully saturated rings. The van der Waals surface area contributed by atoms with Gasteiger partial charge in [0.2, 0.25) is 5.91 Å². The van der Waals surface area contributed by atoms with E-state index in [1.54, 1.807) is 0 Å². The molecular formula is C49H93NO5. The number of amides is 1. The second-order valence-electron chi connectivity index (χ2n) is 16.5. The van der Waals surface area contributed by atoms with Gasteiger partial charge in [0, 0.05) is 6.42 Å². The van der Waals surface area contributed by atoms with Crippen LogP contribution in [0.3, 0.4) is 0 Å². The van der Waals surface area contributed by atoms with Crippen molar-refractivity contribution in [1.82, 2.24) is 5.32 Å². The number of esters is 1. The van der Waals surface area contributed by atoms with E-state index in [4.69, 9.17) is 4.74 Å². The minimum Gasteiger partial charge on any atom is -0.462 e. The number of rotatable bonds is 43. The van der Waals surface area contributed by atoms with Gasteiger partial charge in [-0.2, -0.15) is 0 Å². The summed E-state index contributed by atoms with van der Waals surface area (Å²) in [5, 5.41) is 23.7. The van der Waals surface area contributed by atoms with Gasteiger partial charge in [-0.15, -0.1) is 0 Å².